The Balaban J connectivity index is 1.58. The van der Waals surface area contributed by atoms with Gasteiger partial charge in [-0.3, -0.25) is 14.3 Å². The molecule has 0 aliphatic carbocycles. The zero-order valence-corrected chi connectivity index (χ0v) is 36.6. The number of H-pyrrole nitrogens is 1. The lowest BCUT2D eigenvalue weighted by Crippen LogP contribution is -2.54. The van der Waals surface area contributed by atoms with Crippen LogP contribution >= 0.6 is 8.53 Å². The van der Waals surface area contributed by atoms with E-state index in [1.165, 1.54) is 15.7 Å². The van der Waals surface area contributed by atoms with Crippen molar-refractivity contribution in [2.75, 3.05) is 48.1 Å². The first kappa shape index (κ1) is 44.5. The lowest BCUT2D eigenvalue weighted by molar-refractivity contribution is -0.173. The lowest BCUT2D eigenvalue weighted by atomic mass is 9.79. The second-order valence-electron chi connectivity index (χ2n) is 15.7. The molecule has 2 saturated heterocycles. The highest BCUT2D eigenvalue weighted by Gasteiger charge is 2.68. The van der Waals surface area contributed by atoms with Crippen LogP contribution in [0.5, 0.6) is 11.5 Å². The summed E-state index contributed by atoms with van der Waals surface area (Å²) in [5.74, 6) is 1.32. The molecule has 6 rings (SSSR count). The Labute approximate surface area is 352 Å². The third kappa shape index (κ3) is 8.59. The quantitative estimate of drug-likeness (QED) is 0.0736. The highest BCUT2D eigenvalue weighted by molar-refractivity contribution is 7.44. The van der Waals surface area contributed by atoms with Crippen LogP contribution in [0.25, 0.3) is 0 Å². The third-order valence-corrected chi connectivity index (χ3v) is 13.0. The second kappa shape index (κ2) is 18.7. The molecule has 3 heterocycles. The molecule has 0 radical (unpaired) electrons. The first-order chi connectivity index (χ1) is 28.7. The van der Waals surface area contributed by atoms with E-state index in [2.05, 4.69) is 15.7 Å². The molecular weight excluding hydrogens is 787 g/mol. The monoisotopic (exact) mass is 842 g/mol. The number of likely N-dealkylation sites (tertiary alicyclic amines) is 1. The van der Waals surface area contributed by atoms with Crippen molar-refractivity contribution in [1.29, 1.82) is 5.26 Å². The van der Waals surface area contributed by atoms with Gasteiger partial charge in [0.2, 0.25) is 0 Å². The van der Waals surface area contributed by atoms with E-state index in [1.807, 2.05) is 107 Å². The van der Waals surface area contributed by atoms with Gasteiger partial charge in [0.05, 0.1) is 46.5 Å². The van der Waals surface area contributed by atoms with Crippen LogP contribution in [0.1, 0.15) is 62.6 Å². The SMILES string of the molecule is COc1ccc(C(OC[C@@]23CN(C(=O)N(C)C)[C@@H]([C@H](n4cc(C)c(=O)[nH]c4=O)O2)[C@@H]3OP(OCCC#N)N(C(C)C)C(C)C)(c2ccccc2)c2ccc(OC)cc2)cc1. The predicted octanol–water partition coefficient (Wildman–Crippen LogP) is 6.17. The standard InChI is InChI=1S/C44H55N6O9P/c1-29(2)50(30(3)4)60(57-25-13-24-45)59-38-37-40(48-26-31(5)39(51)46-41(48)52)58-43(38,27-49(37)42(53)47(6)7)28-56-44(32-14-11-10-12-15-32,33-16-20-35(54-8)21-17-33)34-18-22-36(55-9)23-19-34/h10-12,14-23,26,29-30,37-38,40H,13,25,27-28H2,1-9H3,(H,46,51,52)/t37-,38+,40-,43-,60?/m1/s1. The minimum absolute atomic E-state index is 0.0216. The summed E-state index contributed by atoms with van der Waals surface area (Å²) in [5, 5.41) is 9.48. The molecule has 2 bridgehead atoms. The van der Waals surface area contributed by atoms with Gasteiger partial charge in [-0.25, -0.2) is 14.3 Å². The molecule has 2 amide bonds. The maximum Gasteiger partial charge on any atom is 0.330 e. The smallest absolute Gasteiger partial charge is 0.330 e. The number of carbonyl (C=O) groups is 1. The van der Waals surface area contributed by atoms with E-state index in [-0.39, 0.29) is 49.9 Å². The minimum Gasteiger partial charge on any atom is -0.497 e. The number of aryl methyl sites for hydroxylation is 1. The van der Waals surface area contributed by atoms with Crippen molar-refractivity contribution >= 4 is 14.6 Å². The Morgan fingerprint density at radius 2 is 1.52 bits per heavy atom. The number of hydrogen-bond acceptors (Lipinski definition) is 11. The van der Waals surface area contributed by atoms with Crippen molar-refractivity contribution in [2.45, 2.75) is 82.7 Å². The van der Waals surface area contributed by atoms with Gasteiger partial charge in [0.25, 0.3) is 14.1 Å². The minimum atomic E-state index is -1.89. The van der Waals surface area contributed by atoms with E-state index in [0.717, 1.165) is 16.7 Å². The maximum atomic E-state index is 14.3. The molecule has 320 valence electrons. The summed E-state index contributed by atoms with van der Waals surface area (Å²) in [6.45, 7) is 9.72. The Hall–Kier alpha value is -5.07. The second-order valence-corrected chi connectivity index (χ2v) is 17.1. The molecule has 15 nitrogen and oxygen atoms in total. The number of nitrogens with zero attached hydrogens (tertiary/aromatic N) is 5. The van der Waals surface area contributed by atoms with Crippen molar-refractivity contribution in [3.63, 3.8) is 0 Å². The molecule has 2 aliphatic rings. The van der Waals surface area contributed by atoms with E-state index in [4.69, 9.17) is 28.0 Å². The molecular formula is C44H55N6O9P. The van der Waals surface area contributed by atoms with Gasteiger partial charge in [0.1, 0.15) is 34.8 Å². The fraction of sp³-hybridized carbons (Fsp3) is 0.455. The van der Waals surface area contributed by atoms with Crippen LogP contribution in [0.3, 0.4) is 0 Å². The number of morpholine rings is 1. The van der Waals surface area contributed by atoms with E-state index < -0.39 is 49.4 Å². The van der Waals surface area contributed by atoms with E-state index >= 15 is 0 Å². The summed E-state index contributed by atoms with van der Waals surface area (Å²) in [6.07, 6.45) is -0.483. The molecule has 16 heteroatoms. The zero-order valence-electron chi connectivity index (χ0n) is 35.7. The molecule has 1 unspecified atom stereocenters. The summed E-state index contributed by atoms with van der Waals surface area (Å²) in [4.78, 5) is 46.2. The fourth-order valence-electron chi connectivity index (χ4n) is 8.14. The van der Waals surface area contributed by atoms with Gasteiger partial charge in [0.15, 0.2) is 6.23 Å². The highest BCUT2D eigenvalue weighted by atomic mass is 31.2. The number of urea groups is 1. The van der Waals surface area contributed by atoms with Crippen molar-refractivity contribution in [3.05, 3.63) is 128 Å². The predicted molar refractivity (Wildman–Crippen MR) is 227 cm³/mol. The van der Waals surface area contributed by atoms with Crippen LogP contribution in [0.15, 0.2) is 94.6 Å². The molecule has 60 heavy (non-hydrogen) atoms. The van der Waals surface area contributed by atoms with Crippen LogP contribution in [0.2, 0.25) is 0 Å². The number of nitriles is 1. The van der Waals surface area contributed by atoms with Crippen molar-refractivity contribution in [3.8, 4) is 17.6 Å². The van der Waals surface area contributed by atoms with Crippen LogP contribution in [-0.2, 0) is 24.1 Å². The van der Waals surface area contributed by atoms with Gasteiger partial charge >= 0.3 is 11.7 Å². The molecule has 5 atom stereocenters. The first-order valence-electron chi connectivity index (χ1n) is 19.9. The number of benzene rings is 3. The largest absolute Gasteiger partial charge is 0.497 e. The summed E-state index contributed by atoms with van der Waals surface area (Å²) in [6, 6.07) is 25.9. The van der Waals surface area contributed by atoms with Gasteiger partial charge < -0.3 is 37.8 Å². The number of aromatic amines is 1. The third-order valence-electron chi connectivity index (χ3n) is 10.9. The number of carbonyl (C=O) groups excluding carboxylic acids is 1. The molecule has 1 N–H and O–H groups in total. The molecule has 1 aromatic heterocycles. The summed E-state index contributed by atoms with van der Waals surface area (Å²) >= 11 is 0. The number of methoxy groups -OCH3 is 2. The molecule has 0 saturated carbocycles. The first-order valence-corrected chi connectivity index (χ1v) is 21.1. The number of nitrogens with one attached hydrogen (secondary N) is 1. The van der Waals surface area contributed by atoms with Crippen LogP contribution in [0.4, 0.5) is 4.79 Å². The van der Waals surface area contributed by atoms with Crippen LogP contribution in [-0.4, -0.2) is 108 Å². The summed E-state index contributed by atoms with van der Waals surface area (Å²) in [7, 11) is 4.64. The summed E-state index contributed by atoms with van der Waals surface area (Å²) in [5.41, 5.74) is -1.30. The molecule has 0 spiro atoms. The maximum absolute atomic E-state index is 14.3. The van der Waals surface area contributed by atoms with Crippen molar-refractivity contribution in [2.24, 2.45) is 0 Å². The average Bonchev–Trinajstić information content (AvgIpc) is 3.71. The fourth-order valence-corrected chi connectivity index (χ4v) is 9.96. The zero-order chi connectivity index (χ0) is 43.4. The van der Waals surface area contributed by atoms with Gasteiger partial charge in [-0.2, -0.15) is 5.26 Å². The van der Waals surface area contributed by atoms with Crippen molar-refractivity contribution in [1.82, 2.24) is 24.0 Å². The Morgan fingerprint density at radius 1 is 0.950 bits per heavy atom. The Bertz CT molecular complexity index is 2190. The van der Waals surface area contributed by atoms with Crippen LogP contribution < -0.4 is 20.7 Å². The number of fused-ring (bicyclic) bond motifs is 2. The Kier molecular flexibility index (Phi) is 13.9. The number of rotatable bonds is 17. The molecule has 2 aliphatic heterocycles. The number of hydrogen-bond donors (Lipinski definition) is 1. The van der Waals surface area contributed by atoms with E-state index in [0.29, 0.717) is 11.5 Å². The lowest BCUT2D eigenvalue weighted by Gasteiger charge is -2.42. The van der Waals surface area contributed by atoms with E-state index in [1.54, 1.807) is 40.1 Å². The average molecular weight is 843 g/mol. The number of aromatic nitrogens is 2. The normalized spacial score (nSPS) is 20.4. The van der Waals surface area contributed by atoms with Gasteiger partial charge in [-0.05, 0) is 75.6 Å². The van der Waals surface area contributed by atoms with Crippen LogP contribution in [0, 0.1) is 18.3 Å². The van der Waals surface area contributed by atoms with Crippen molar-refractivity contribution < 1.29 is 32.8 Å². The summed E-state index contributed by atoms with van der Waals surface area (Å²) < 4.78 is 42.8. The molecule has 3 aromatic carbocycles. The number of amides is 2. The highest BCUT2D eigenvalue weighted by Crippen LogP contribution is 2.57. The van der Waals surface area contributed by atoms with Gasteiger partial charge in [0, 0.05) is 37.9 Å². The van der Waals surface area contributed by atoms with Gasteiger partial charge in [-0.1, -0.05) is 54.6 Å². The number of ether oxygens (including phenoxy) is 4. The van der Waals surface area contributed by atoms with Gasteiger partial charge in [-0.15, -0.1) is 0 Å². The molecule has 4 aromatic rings. The van der Waals surface area contributed by atoms with E-state index in [9.17, 15) is 19.6 Å². The molecule has 2 fully saturated rings. The topological polar surface area (TPSA) is 161 Å². The Morgan fingerprint density at radius 3 is 2.03 bits per heavy atom.